The number of carbonyl (C=O) groups excluding carboxylic acids is 1. The lowest BCUT2D eigenvalue weighted by atomic mass is 10.0. The molecule has 2 rings (SSSR count). The molecule has 110 valence electrons. The van der Waals surface area contributed by atoms with Crippen LogP contribution in [0.4, 0.5) is 0 Å². The van der Waals surface area contributed by atoms with Gasteiger partial charge in [-0.05, 0) is 44.1 Å². The highest BCUT2D eigenvalue weighted by Gasteiger charge is 2.54. The Hall–Kier alpha value is -0.610. The Morgan fingerprint density at radius 1 is 1.42 bits per heavy atom. The largest absolute Gasteiger partial charge is 0.378 e. The zero-order chi connectivity index (χ0) is 13.9. The number of nitrogens with zero attached hydrogens (tertiary/aromatic N) is 1. The lowest BCUT2D eigenvalue weighted by Crippen LogP contribution is -2.42. The summed E-state index contributed by atoms with van der Waals surface area (Å²) in [5.41, 5.74) is 5.74. The third kappa shape index (κ3) is 3.48. The predicted octanol–water partition coefficient (Wildman–Crippen LogP) is 1.78. The Labute approximate surface area is 116 Å². The smallest absolute Gasteiger partial charge is 0.226 e. The van der Waals surface area contributed by atoms with E-state index in [1.54, 1.807) is 0 Å². The van der Waals surface area contributed by atoms with Gasteiger partial charge in [0.2, 0.25) is 5.91 Å². The predicted molar refractivity (Wildman–Crippen MR) is 75.7 cm³/mol. The van der Waals surface area contributed by atoms with E-state index in [4.69, 9.17) is 10.5 Å². The van der Waals surface area contributed by atoms with Crippen molar-refractivity contribution in [2.75, 3.05) is 26.2 Å². The van der Waals surface area contributed by atoms with E-state index >= 15 is 0 Å². The first-order valence-corrected chi connectivity index (χ1v) is 7.71. The van der Waals surface area contributed by atoms with Gasteiger partial charge in [-0.1, -0.05) is 13.8 Å². The van der Waals surface area contributed by atoms with Gasteiger partial charge in [0.15, 0.2) is 0 Å². The van der Waals surface area contributed by atoms with E-state index in [2.05, 4.69) is 13.8 Å². The molecule has 2 fully saturated rings. The van der Waals surface area contributed by atoms with E-state index in [9.17, 15) is 4.79 Å². The monoisotopic (exact) mass is 268 g/mol. The minimum Gasteiger partial charge on any atom is -0.378 e. The molecule has 2 atom stereocenters. The molecular weight excluding hydrogens is 240 g/mol. The van der Waals surface area contributed by atoms with Gasteiger partial charge >= 0.3 is 0 Å². The lowest BCUT2D eigenvalue weighted by Gasteiger charge is -2.32. The fourth-order valence-corrected chi connectivity index (χ4v) is 2.98. The molecule has 19 heavy (non-hydrogen) atoms. The molecule has 0 aromatic carbocycles. The van der Waals surface area contributed by atoms with Crippen molar-refractivity contribution in [2.24, 2.45) is 17.1 Å². The van der Waals surface area contributed by atoms with Gasteiger partial charge in [0.25, 0.3) is 0 Å². The Morgan fingerprint density at radius 2 is 2.11 bits per heavy atom. The molecule has 4 heteroatoms. The van der Waals surface area contributed by atoms with Crippen LogP contribution in [0.3, 0.4) is 0 Å². The van der Waals surface area contributed by atoms with Crippen molar-refractivity contribution in [1.82, 2.24) is 4.90 Å². The maximum Gasteiger partial charge on any atom is 0.226 e. The summed E-state index contributed by atoms with van der Waals surface area (Å²) in [6, 6.07) is 0. The van der Waals surface area contributed by atoms with Crippen LogP contribution in [-0.2, 0) is 9.53 Å². The number of piperidine rings is 1. The van der Waals surface area contributed by atoms with Crippen LogP contribution in [0.1, 0.15) is 46.0 Å². The molecule has 1 amide bonds. The first kappa shape index (κ1) is 14.8. The van der Waals surface area contributed by atoms with Crippen molar-refractivity contribution in [2.45, 2.75) is 52.1 Å². The summed E-state index contributed by atoms with van der Waals surface area (Å²) in [4.78, 5) is 14.4. The average molecular weight is 268 g/mol. The van der Waals surface area contributed by atoms with Gasteiger partial charge in [-0.2, -0.15) is 0 Å². The highest BCUT2D eigenvalue weighted by molar-refractivity contribution is 5.82. The van der Waals surface area contributed by atoms with Crippen molar-refractivity contribution < 1.29 is 9.53 Å². The van der Waals surface area contributed by atoms with Gasteiger partial charge in [-0.15, -0.1) is 0 Å². The first-order valence-electron chi connectivity index (χ1n) is 7.71. The van der Waals surface area contributed by atoms with Crippen molar-refractivity contribution >= 4 is 5.91 Å². The molecule has 0 spiro atoms. The summed E-state index contributed by atoms with van der Waals surface area (Å²) in [7, 11) is 0. The van der Waals surface area contributed by atoms with Crippen molar-refractivity contribution in [3.63, 3.8) is 0 Å². The molecule has 0 bridgehead atoms. The topological polar surface area (TPSA) is 55.6 Å². The van der Waals surface area contributed by atoms with Crippen LogP contribution in [0.15, 0.2) is 0 Å². The standard InChI is InChI=1S/C15H28N2O2/c1-3-15(2)11-13(15)14(18)17-8-5-12(6-9-17)19-10-4-7-16/h12-13H,3-11,16H2,1-2H3/t13-,15-/m1/s1. The molecule has 2 N–H and O–H groups in total. The van der Waals surface area contributed by atoms with Gasteiger partial charge in [-0.25, -0.2) is 0 Å². The summed E-state index contributed by atoms with van der Waals surface area (Å²) in [6.07, 6.45) is 5.40. The molecule has 0 unspecified atom stereocenters. The third-order valence-electron chi connectivity index (χ3n) is 4.91. The van der Waals surface area contributed by atoms with Crippen molar-refractivity contribution in [3.8, 4) is 0 Å². The second-order valence-electron chi connectivity index (χ2n) is 6.30. The molecule has 1 aliphatic carbocycles. The fourth-order valence-electron chi connectivity index (χ4n) is 2.98. The molecule has 1 heterocycles. The van der Waals surface area contributed by atoms with E-state index in [1.807, 2.05) is 4.90 Å². The summed E-state index contributed by atoms with van der Waals surface area (Å²) < 4.78 is 5.77. The molecule has 0 radical (unpaired) electrons. The highest BCUT2D eigenvalue weighted by Crippen LogP contribution is 2.55. The summed E-state index contributed by atoms with van der Waals surface area (Å²) in [6.45, 7) is 7.59. The summed E-state index contributed by atoms with van der Waals surface area (Å²) in [5.74, 6) is 0.664. The third-order valence-corrected chi connectivity index (χ3v) is 4.91. The normalized spacial score (nSPS) is 31.5. The van der Waals surface area contributed by atoms with Crippen LogP contribution in [0.25, 0.3) is 0 Å². The molecule has 1 aliphatic heterocycles. The van der Waals surface area contributed by atoms with Crippen LogP contribution in [0.2, 0.25) is 0 Å². The van der Waals surface area contributed by atoms with Crippen LogP contribution >= 0.6 is 0 Å². The fraction of sp³-hybridized carbons (Fsp3) is 0.933. The maximum atomic E-state index is 12.4. The Morgan fingerprint density at radius 3 is 2.63 bits per heavy atom. The van der Waals surface area contributed by atoms with Crippen LogP contribution in [0, 0.1) is 11.3 Å². The van der Waals surface area contributed by atoms with E-state index in [0.29, 0.717) is 18.6 Å². The quantitative estimate of drug-likeness (QED) is 0.747. The number of carbonyl (C=O) groups is 1. The summed E-state index contributed by atoms with van der Waals surface area (Å²) in [5, 5.41) is 0. The summed E-state index contributed by atoms with van der Waals surface area (Å²) >= 11 is 0. The molecule has 4 nitrogen and oxygen atoms in total. The zero-order valence-electron chi connectivity index (χ0n) is 12.4. The molecule has 2 aliphatic rings. The molecule has 0 aromatic rings. The van der Waals surface area contributed by atoms with Gasteiger partial charge in [-0.3, -0.25) is 4.79 Å². The molecule has 0 aromatic heterocycles. The molecule has 1 saturated heterocycles. The van der Waals surface area contributed by atoms with Gasteiger partial charge < -0.3 is 15.4 Å². The minimum absolute atomic E-state index is 0.283. The Kier molecular flexibility index (Phi) is 4.85. The van der Waals surface area contributed by atoms with E-state index < -0.39 is 0 Å². The number of hydrogen-bond donors (Lipinski definition) is 1. The van der Waals surface area contributed by atoms with Crippen LogP contribution in [-0.4, -0.2) is 43.2 Å². The van der Waals surface area contributed by atoms with E-state index in [1.165, 1.54) is 0 Å². The highest BCUT2D eigenvalue weighted by atomic mass is 16.5. The number of nitrogens with two attached hydrogens (primary N) is 1. The number of ether oxygens (including phenoxy) is 1. The number of hydrogen-bond acceptors (Lipinski definition) is 3. The first-order chi connectivity index (χ1) is 9.10. The van der Waals surface area contributed by atoms with E-state index in [-0.39, 0.29) is 11.3 Å². The van der Waals surface area contributed by atoms with Gasteiger partial charge in [0.05, 0.1) is 6.10 Å². The second kappa shape index (κ2) is 6.23. The second-order valence-corrected chi connectivity index (χ2v) is 6.30. The van der Waals surface area contributed by atoms with Crippen LogP contribution < -0.4 is 5.73 Å². The average Bonchev–Trinajstić information content (AvgIpc) is 3.12. The number of rotatable bonds is 6. The SMILES string of the molecule is CC[C@]1(C)C[C@@H]1C(=O)N1CCC(OCCCN)CC1. The zero-order valence-corrected chi connectivity index (χ0v) is 12.4. The molecule has 1 saturated carbocycles. The van der Waals surface area contributed by atoms with Gasteiger partial charge in [0, 0.05) is 25.6 Å². The maximum absolute atomic E-state index is 12.4. The Balaban J connectivity index is 1.70. The van der Waals surface area contributed by atoms with Crippen LogP contribution in [0.5, 0.6) is 0 Å². The van der Waals surface area contributed by atoms with E-state index in [0.717, 1.165) is 51.8 Å². The Bertz CT molecular complexity index is 313. The number of likely N-dealkylation sites (tertiary alicyclic amines) is 1. The molecular formula is C15H28N2O2. The minimum atomic E-state index is 0.283. The van der Waals surface area contributed by atoms with Gasteiger partial charge in [0.1, 0.15) is 0 Å². The van der Waals surface area contributed by atoms with Crippen molar-refractivity contribution in [3.05, 3.63) is 0 Å². The lowest BCUT2D eigenvalue weighted by molar-refractivity contribution is -0.136. The van der Waals surface area contributed by atoms with Crippen molar-refractivity contribution in [1.29, 1.82) is 0 Å². The number of amides is 1.